The van der Waals surface area contributed by atoms with E-state index in [1.54, 1.807) is 7.11 Å². The second-order valence-electron chi connectivity index (χ2n) is 9.34. The van der Waals surface area contributed by atoms with Gasteiger partial charge in [-0.3, -0.25) is 4.79 Å². The number of halogens is 1. The highest BCUT2D eigenvalue weighted by molar-refractivity contribution is 5.83. The van der Waals surface area contributed by atoms with Crippen LogP contribution in [-0.4, -0.2) is 38.3 Å². The summed E-state index contributed by atoms with van der Waals surface area (Å²) >= 11 is 0. The lowest BCUT2D eigenvalue weighted by molar-refractivity contribution is -0.140. The molecule has 1 aromatic carbocycles. The molecule has 2 bridgehead atoms. The van der Waals surface area contributed by atoms with Gasteiger partial charge in [0.1, 0.15) is 12.4 Å². The Balaban J connectivity index is 1.34. The number of nitrogens with one attached hydrogen (secondary N) is 1. The summed E-state index contributed by atoms with van der Waals surface area (Å²) in [6.45, 7) is 0.321. The topological polar surface area (TPSA) is 73.6 Å². The van der Waals surface area contributed by atoms with E-state index in [4.69, 9.17) is 15.2 Å². The standard InChI is InChI=1S/C24H33FN2O3/c1-29-21-12-19(13-21)27-22(28)24-9-6-23(7-10-24,8-11-24)18-2-4-20(5-3-18)30-16-17(14-25)15-26/h2-5,14,19,21H,6-13,15-16,26H2,1H3,(H,27,28)/b17-14+/t19-,21+,23?,24?. The summed E-state index contributed by atoms with van der Waals surface area (Å²) in [6, 6.07) is 8.47. The molecule has 0 aliphatic heterocycles. The molecule has 5 rings (SSSR count). The molecule has 1 aromatic rings. The molecule has 4 fully saturated rings. The molecule has 30 heavy (non-hydrogen) atoms. The Morgan fingerprint density at radius 3 is 2.33 bits per heavy atom. The molecule has 0 radical (unpaired) electrons. The van der Waals surface area contributed by atoms with E-state index in [0.717, 1.165) is 57.1 Å². The van der Waals surface area contributed by atoms with E-state index in [1.165, 1.54) is 5.56 Å². The Kier molecular flexibility index (Phi) is 6.16. The zero-order valence-corrected chi connectivity index (χ0v) is 17.8. The summed E-state index contributed by atoms with van der Waals surface area (Å²) in [6.07, 6.45) is 8.71. The maximum Gasteiger partial charge on any atom is 0.226 e. The SMILES string of the molecule is CO[C@H]1C[C@@H](NC(=O)C23CCC(c4ccc(OC/C(=C/F)CN)cc4)(CC2)CC3)C1. The van der Waals surface area contributed by atoms with Crippen molar-refractivity contribution in [2.24, 2.45) is 11.1 Å². The van der Waals surface area contributed by atoms with Crippen molar-refractivity contribution >= 4 is 5.91 Å². The molecule has 4 aliphatic rings. The van der Waals surface area contributed by atoms with Crippen molar-refractivity contribution in [3.8, 4) is 5.75 Å². The van der Waals surface area contributed by atoms with Crippen molar-refractivity contribution < 1.29 is 18.7 Å². The lowest BCUT2D eigenvalue weighted by Crippen LogP contribution is -2.56. The maximum absolute atomic E-state index is 13.0. The van der Waals surface area contributed by atoms with Gasteiger partial charge in [-0.1, -0.05) is 12.1 Å². The van der Waals surface area contributed by atoms with Crippen molar-refractivity contribution in [2.75, 3.05) is 20.3 Å². The Labute approximate surface area is 178 Å². The lowest BCUT2D eigenvalue weighted by atomic mass is 9.51. The van der Waals surface area contributed by atoms with E-state index in [2.05, 4.69) is 17.4 Å². The number of hydrogen-bond acceptors (Lipinski definition) is 4. The number of rotatable bonds is 8. The number of nitrogens with two attached hydrogens (primary N) is 1. The number of fused-ring (bicyclic) bond motifs is 3. The third kappa shape index (κ3) is 4.00. The van der Waals surface area contributed by atoms with Gasteiger partial charge in [0.2, 0.25) is 5.91 Å². The number of amides is 1. The lowest BCUT2D eigenvalue weighted by Gasteiger charge is -2.53. The van der Waals surface area contributed by atoms with Crippen molar-refractivity contribution in [3.63, 3.8) is 0 Å². The summed E-state index contributed by atoms with van der Waals surface area (Å²) in [5, 5.41) is 3.28. The zero-order chi connectivity index (χ0) is 21.2. The van der Waals surface area contributed by atoms with E-state index in [0.29, 0.717) is 18.0 Å². The molecule has 3 N–H and O–H groups in total. The Morgan fingerprint density at radius 2 is 1.80 bits per heavy atom. The fourth-order valence-electron chi connectivity index (χ4n) is 5.39. The van der Waals surface area contributed by atoms with Gasteiger partial charge in [-0.15, -0.1) is 0 Å². The van der Waals surface area contributed by atoms with Gasteiger partial charge < -0.3 is 20.5 Å². The predicted molar refractivity (Wildman–Crippen MR) is 114 cm³/mol. The highest BCUT2D eigenvalue weighted by Crippen LogP contribution is 2.58. The van der Waals surface area contributed by atoms with Crippen LogP contribution in [0.25, 0.3) is 0 Å². The van der Waals surface area contributed by atoms with Gasteiger partial charge in [-0.2, -0.15) is 0 Å². The number of methoxy groups -OCH3 is 1. The van der Waals surface area contributed by atoms with Crippen LogP contribution in [0.5, 0.6) is 5.75 Å². The molecule has 0 unspecified atom stereocenters. The molecule has 6 heteroatoms. The van der Waals surface area contributed by atoms with Crippen LogP contribution in [0.1, 0.15) is 56.9 Å². The largest absolute Gasteiger partial charge is 0.489 e. The minimum atomic E-state index is -0.180. The molecule has 4 saturated carbocycles. The molecule has 0 atom stereocenters. The van der Waals surface area contributed by atoms with Crippen LogP contribution >= 0.6 is 0 Å². The van der Waals surface area contributed by atoms with Crippen LogP contribution in [0.4, 0.5) is 4.39 Å². The number of hydrogen-bond donors (Lipinski definition) is 2. The Morgan fingerprint density at radius 1 is 1.17 bits per heavy atom. The molecule has 5 nitrogen and oxygen atoms in total. The van der Waals surface area contributed by atoms with E-state index in [-0.39, 0.29) is 35.9 Å². The van der Waals surface area contributed by atoms with Crippen LogP contribution in [0, 0.1) is 5.41 Å². The van der Waals surface area contributed by atoms with Crippen LogP contribution in [0.3, 0.4) is 0 Å². The van der Waals surface area contributed by atoms with Gasteiger partial charge in [0.05, 0.1) is 12.4 Å². The third-order valence-electron chi connectivity index (χ3n) is 7.80. The normalized spacial score (nSPS) is 33.1. The molecule has 0 heterocycles. The monoisotopic (exact) mass is 416 g/mol. The average molecular weight is 417 g/mol. The van der Waals surface area contributed by atoms with Gasteiger partial charge in [0.25, 0.3) is 0 Å². The molecule has 0 spiro atoms. The predicted octanol–water partition coefficient (Wildman–Crippen LogP) is 3.76. The van der Waals surface area contributed by atoms with E-state index < -0.39 is 0 Å². The highest BCUT2D eigenvalue weighted by atomic mass is 19.1. The van der Waals surface area contributed by atoms with Crippen molar-refractivity contribution in [1.82, 2.24) is 5.32 Å². The smallest absolute Gasteiger partial charge is 0.226 e. The van der Waals surface area contributed by atoms with Crippen molar-refractivity contribution in [2.45, 2.75) is 68.9 Å². The maximum atomic E-state index is 13.0. The van der Waals surface area contributed by atoms with E-state index in [9.17, 15) is 9.18 Å². The summed E-state index contributed by atoms with van der Waals surface area (Å²) in [5.74, 6) is 0.980. The first-order valence-electron chi connectivity index (χ1n) is 11.1. The first kappa shape index (κ1) is 21.3. The molecule has 0 aromatic heterocycles. The highest BCUT2D eigenvalue weighted by Gasteiger charge is 2.53. The van der Waals surface area contributed by atoms with Gasteiger partial charge >= 0.3 is 0 Å². The van der Waals surface area contributed by atoms with Gasteiger partial charge in [0.15, 0.2) is 0 Å². The minimum Gasteiger partial charge on any atom is -0.489 e. The molecule has 1 amide bonds. The van der Waals surface area contributed by atoms with Crippen molar-refractivity contribution in [1.29, 1.82) is 0 Å². The van der Waals surface area contributed by atoms with Gasteiger partial charge in [-0.25, -0.2) is 4.39 Å². The minimum absolute atomic E-state index is 0.154. The number of benzene rings is 1. The van der Waals surface area contributed by atoms with Crippen LogP contribution in [-0.2, 0) is 14.9 Å². The van der Waals surface area contributed by atoms with Crippen molar-refractivity contribution in [3.05, 3.63) is 41.7 Å². The molecular weight excluding hydrogens is 383 g/mol. The van der Waals surface area contributed by atoms with Crippen LogP contribution in [0.15, 0.2) is 36.2 Å². The van der Waals surface area contributed by atoms with Crippen LogP contribution < -0.4 is 15.8 Å². The summed E-state index contributed by atoms with van der Waals surface area (Å²) < 4.78 is 23.6. The number of ether oxygens (including phenoxy) is 2. The average Bonchev–Trinajstić information content (AvgIpc) is 2.78. The van der Waals surface area contributed by atoms with Gasteiger partial charge in [0, 0.05) is 30.7 Å². The van der Waals surface area contributed by atoms with E-state index >= 15 is 0 Å². The Bertz CT molecular complexity index is 762. The second-order valence-corrected chi connectivity index (χ2v) is 9.34. The fraction of sp³-hybridized carbons (Fsp3) is 0.625. The molecule has 4 aliphatic carbocycles. The summed E-state index contributed by atoms with van der Waals surface area (Å²) in [4.78, 5) is 13.0. The van der Waals surface area contributed by atoms with E-state index in [1.807, 2.05) is 12.1 Å². The third-order valence-corrected chi connectivity index (χ3v) is 7.80. The summed E-state index contributed by atoms with van der Waals surface area (Å²) in [5.41, 5.74) is 7.22. The summed E-state index contributed by atoms with van der Waals surface area (Å²) in [7, 11) is 1.74. The zero-order valence-electron chi connectivity index (χ0n) is 17.8. The number of carbonyl (C=O) groups excluding carboxylic acids is 1. The molecule has 0 saturated heterocycles. The fourth-order valence-corrected chi connectivity index (χ4v) is 5.39. The van der Waals surface area contributed by atoms with Crippen LogP contribution in [0.2, 0.25) is 0 Å². The quantitative estimate of drug-likeness (QED) is 0.677. The number of carbonyl (C=O) groups is 1. The molecule has 164 valence electrons. The Hall–Kier alpha value is -1.92. The first-order valence-corrected chi connectivity index (χ1v) is 11.1. The first-order chi connectivity index (χ1) is 14.5. The van der Waals surface area contributed by atoms with Gasteiger partial charge in [-0.05, 0) is 74.5 Å². The molecular formula is C24H33FN2O3. The second kappa shape index (κ2) is 8.67.